The molecule has 0 saturated carbocycles. The number of aryl methyl sites for hydroxylation is 1. The summed E-state index contributed by atoms with van der Waals surface area (Å²) in [5.41, 5.74) is 1.54. The molecule has 1 heterocycles. The van der Waals surface area contributed by atoms with Crippen molar-refractivity contribution in [1.29, 1.82) is 0 Å². The zero-order valence-corrected chi connectivity index (χ0v) is 17.4. The van der Waals surface area contributed by atoms with Crippen LogP contribution in [0.25, 0.3) is 10.9 Å². The van der Waals surface area contributed by atoms with Crippen LogP contribution in [0.2, 0.25) is 5.02 Å². The normalized spacial score (nSPS) is 11.2. The molecule has 2 aromatic carbocycles. The fraction of sp³-hybridized carbons (Fsp3) is 0.364. The van der Waals surface area contributed by atoms with E-state index in [2.05, 4.69) is 0 Å². The number of nitrogens with zero attached hydrogens (tertiary/aromatic N) is 2. The minimum Gasteiger partial charge on any atom is -0.493 e. The fourth-order valence-electron chi connectivity index (χ4n) is 3.40. The second kappa shape index (κ2) is 9.29. The highest BCUT2D eigenvalue weighted by atomic mass is 35.5. The van der Waals surface area contributed by atoms with Crippen molar-refractivity contribution >= 4 is 22.5 Å². The topological polar surface area (TPSA) is 73.5 Å². The first kappa shape index (κ1) is 21.1. The van der Waals surface area contributed by atoms with Gasteiger partial charge in [-0.05, 0) is 42.7 Å². The van der Waals surface area contributed by atoms with Crippen molar-refractivity contribution in [1.82, 2.24) is 9.13 Å². The van der Waals surface area contributed by atoms with Gasteiger partial charge in [0.1, 0.15) is 5.75 Å². The van der Waals surface area contributed by atoms with E-state index in [1.165, 1.54) is 9.13 Å². The predicted molar refractivity (Wildman–Crippen MR) is 115 cm³/mol. The quantitative estimate of drug-likeness (QED) is 0.612. The number of hydrogen-bond acceptors (Lipinski definition) is 4. The Labute approximate surface area is 173 Å². The minimum atomic E-state index is -0.393. The standard InChI is InChI=1S/C22H25ClN2O4/c1-3-13-29-19-10-9-18-20(17(19)14-15-5-7-16(23)8-6-15)21(27)25(11-4-12-26)22(28)24(18)2/h5-10,26H,3-4,11-14H2,1-2H3. The van der Waals surface area contributed by atoms with E-state index in [0.717, 1.165) is 17.5 Å². The smallest absolute Gasteiger partial charge is 0.331 e. The molecule has 1 N–H and O–H groups in total. The van der Waals surface area contributed by atoms with E-state index in [9.17, 15) is 9.59 Å². The van der Waals surface area contributed by atoms with Gasteiger partial charge in [0.05, 0.1) is 17.5 Å². The fourth-order valence-corrected chi connectivity index (χ4v) is 3.52. The molecule has 0 aliphatic rings. The van der Waals surface area contributed by atoms with Gasteiger partial charge in [0, 0.05) is 37.2 Å². The van der Waals surface area contributed by atoms with Gasteiger partial charge in [0.15, 0.2) is 0 Å². The molecule has 0 atom stereocenters. The van der Waals surface area contributed by atoms with Gasteiger partial charge in [-0.1, -0.05) is 30.7 Å². The molecule has 1 aromatic heterocycles. The summed E-state index contributed by atoms with van der Waals surface area (Å²) in [4.78, 5) is 26.0. The Bertz CT molecular complexity index is 1120. The van der Waals surface area contributed by atoms with Crippen molar-refractivity contribution in [2.45, 2.75) is 32.7 Å². The van der Waals surface area contributed by atoms with Gasteiger partial charge in [-0.15, -0.1) is 0 Å². The van der Waals surface area contributed by atoms with Crippen LogP contribution in [0.3, 0.4) is 0 Å². The second-order valence-electron chi connectivity index (χ2n) is 6.96. The van der Waals surface area contributed by atoms with Crippen molar-refractivity contribution in [2.24, 2.45) is 7.05 Å². The molecule has 154 valence electrons. The van der Waals surface area contributed by atoms with Crippen LogP contribution in [-0.4, -0.2) is 27.5 Å². The number of aliphatic hydroxyl groups is 1. The zero-order chi connectivity index (χ0) is 21.0. The number of hydrogen-bond donors (Lipinski definition) is 1. The number of aliphatic hydroxyl groups excluding tert-OH is 1. The first-order valence-corrected chi connectivity index (χ1v) is 10.1. The van der Waals surface area contributed by atoms with Crippen LogP contribution >= 0.6 is 11.6 Å². The number of rotatable bonds is 8. The molecule has 6 nitrogen and oxygen atoms in total. The monoisotopic (exact) mass is 416 g/mol. The van der Waals surface area contributed by atoms with Gasteiger partial charge in [-0.2, -0.15) is 0 Å². The molecule has 0 amide bonds. The van der Waals surface area contributed by atoms with Gasteiger partial charge >= 0.3 is 5.69 Å². The van der Waals surface area contributed by atoms with Crippen LogP contribution in [0.5, 0.6) is 5.75 Å². The maximum Gasteiger partial charge on any atom is 0.331 e. The van der Waals surface area contributed by atoms with E-state index in [1.807, 2.05) is 37.3 Å². The van der Waals surface area contributed by atoms with Gasteiger partial charge in [0.2, 0.25) is 0 Å². The molecular formula is C22H25ClN2O4. The Morgan fingerprint density at radius 1 is 1.10 bits per heavy atom. The highest BCUT2D eigenvalue weighted by Gasteiger charge is 2.18. The van der Waals surface area contributed by atoms with E-state index in [4.69, 9.17) is 21.4 Å². The van der Waals surface area contributed by atoms with Gasteiger partial charge in [-0.25, -0.2) is 4.79 Å². The predicted octanol–water partition coefficient (Wildman–Crippen LogP) is 3.12. The van der Waals surface area contributed by atoms with Crippen LogP contribution in [0.15, 0.2) is 46.0 Å². The molecule has 0 unspecified atom stereocenters. The van der Waals surface area contributed by atoms with Crippen LogP contribution in [0.1, 0.15) is 30.9 Å². The summed E-state index contributed by atoms with van der Waals surface area (Å²) in [6.07, 6.45) is 1.65. The Hall–Kier alpha value is -2.57. The third-order valence-corrected chi connectivity index (χ3v) is 5.13. The molecule has 0 spiro atoms. The zero-order valence-electron chi connectivity index (χ0n) is 16.7. The first-order chi connectivity index (χ1) is 14.0. The minimum absolute atomic E-state index is 0.0923. The van der Waals surface area contributed by atoms with Crippen molar-refractivity contribution in [3.8, 4) is 5.75 Å². The Kier molecular flexibility index (Phi) is 6.77. The summed E-state index contributed by atoms with van der Waals surface area (Å²) in [7, 11) is 1.65. The van der Waals surface area contributed by atoms with E-state index < -0.39 is 5.69 Å². The average molecular weight is 417 g/mol. The Morgan fingerprint density at radius 3 is 2.48 bits per heavy atom. The summed E-state index contributed by atoms with van der Waals surface area (Å²) in [5, 5.41) is 10.3. The number of benzene rings is 2. The maximum atomic E-state index is 13.3. The Morgan fingerprint density at radius 2 is 1.83 bits per heavy atom. The van der Waals surface area contributed by atoms with E-state index in [-0.39, 0.29) is 18.7 Å². The number of ether oxygens (including phenoxy) is 1. The lowest BCUT2D eigenvalue weighted by Crippen LogP contribution is -2.39. The van der Waals surface area contributed by atoms with Crippen molar-refractivity contribution in [2.75, 3.05) is 13.2 Å². The largest absolute Gasteiger partial charge is 0.493 e. The highest BCUT2D eigenvalue weighted by molar-refractivity contribution is 6.30. The number of halogens is 1. The third-order valence-electron chi connectivity index (χ3n) is 4.88. The SMILES string of the molecule is CCCOc1ccc2c(c1Cc1ccc(Cl)cc1)c(=O)n(CCCO)c(=O)n2C. The van der Waals surface area contributed by atoms with Crippen molar-refractivity contribution in [3.63, 3.8) is 0 Å². The molecule has 0 aliphatic heterocycles. The van der Waals surface area contributed by atoms with Crippen molar-refractivity contribution < 1.29 is 9.84 Å². The van der Waals surface area contributed by atoms with Gasteiger partial charge in [-0.3, -0.25) is 13.9 Å². The van der Waals surface area contributed by atoms with Gasteiger partial charge < -0.3 is 9.84 Å². The van der Waals surface area contributed by atoms with Crippen molar-refractivity contribution in [3.05, 3.63) is 73.4 Å². The van der Waals surface area contributed by atoms with E-state index in [1.54, 1.807) is 13.1 Å². The number of fused-ring (bicyclic) bond motifs is 1. The first-order valence-electron chi connectivity index (χ1n) is 9.71. The van der Waals surface area contributed by atoms with Gasteiger partial charge in [0.25, 0.3) is 5.56 Å². The molecule has 0 aliphatic carbocycles. The highest BCUT2D eigenvalue weighted by Crippen LogP contribution is 2.28. The maximum absolute atomic E-state index is 13.3. The third kappa shape index (κ3) is 4.38. The summed E-state index contributed by atoms with van der Waals surface area (Å²) in [6.45, 7) is 2.62. The van der Waals surface area contributed by atoms with Crippen LogP contribution in [0, 0.1) is 0 Å². The molecule has 3 aromatic rings. The van der Waals surface area contributed by atoms with Crippen LogP contribution in [0.4, 0.5) is 0 Å². The summed E-state index contributed by atoms with van der Waals surface area (Å²) in [5.74, 6) is 0.638. The molecule has 0 saturated heterocycles. The molecular weight excluding hydrogens is 392 g/mol. The Balaban J connectivity index is 2.27. The van der Waals surface area contributed by atoms with E-state index in [0.29, 0.717) is 41.1 Å². The average Bonchev–Trinajstić information content (AvgIpc) is 2.72. The molecule has 29 heavy (non-hydrogen) atoms. The van der Waals surface area contributed by atoms with Crippen LogP contribution < -0.4 is 16.0 Å². The second-order valence-corrected chi connectivity index (χ2v) is 7.40. The lowest BCUT2D eigenvalue weighted by atomic mass is 9.99. The molecule has 0 bridgehead atoms. The molecule has 0 fully saturated rings. The summed E-state index contributed by atoms with van der Waals surface area (Å²) < 4.78 is 8.60. The summed E-state index contributed by atoms with van der Waals surface area (Å²) in [6, 6.07) is 11.0. The van der Waals surface area contributed by atoms with E-state index >= 15 is 0 Å². The molecule has 3 rings (SSSR count). The number of aromatic nitrogens is 2. The lowest BCUT2D eigenvalue weighted by molar-refractivity contribution is 0.277. The molecule has 7 heteroatoms. The lowest BCUT2D eigenvalue weighted by Gasteiger charge is -2.17. The summed E-state index contributed by atoms with van der Waals surface area (Å²) >= 11 is 6.01. The molecule has 0 radical (unpaired) electrons. The van der Waals surface area contributed by atoms with Crippen LogP contribution in [-0.2, 0) is 20.0 Å².